The lowest BCUT2D eigenvalue weighted by Crippen LogP contribution is -2.33. The molecular formula is C17H15BrF3NO3. The van der Waals surface area contributed by atoms with Crippen molar-refractivity contribution in [2.45, 2.75) is 25.9 Å². The Labute approximate surface area is 150 Å². The highest BCUT2D eigenvalue weighted by atomic mass is 79.9. The number of anilines is 1. The molecule has 0 aliphatic heterocycles. The molecule has 8 heteroatoms. The Hall–Kier alpha value is -2.09. The number of rotatable bonds is 3. The summed E-state index contributed by atoms with van der Waals surface area (Å²) in [7, 11) is 0. The number of carbonyl (C=O) groups excluding carboxylic acids is 1. The summed E-state index contributed by atoms with van der Waals surface area (Å²) in [5.74, 6) is -2.02. The number of hydrogen-bond donors (Lipinski definition) is 2. The number of allylic oxidation sites excluding steroid dienone is 3. The summed E-state index contributed by atoms with van der Waals surface area (Å²) in [6.07, 6.45) is -0.907. The maximum atomic E-state index is 13.3. The molecule has 0 saturated heterocycles. The van der Waals surface area contributed by atoms with E-state index >= 15 is 0 Å². The molecule has 0 heterocycles. The van der Waals surface area contributed by atoms with Gasteiger partial charge in [-0.2, -0.15) is 13.2 Å². The fraction of sp³-hybridized carbons (Fsp3) is 0.294. The fourth-order valence-corrected chi connectivity index (χ4v) is 2.76. The molecule has 1 aromatic rings. The average Bonchev–Trinajstić information content (AvgIpc) is 2.71. The zero-order valence-electron chi connectivity index (χ0n) is 13.2. The molecule has 0 spiro atoms. The van der Waals surface area contributed by atoms with Gasteiger partial charge in [0.2, 0.25) is 0 Å². The van der Waals surface area contributed by atoms with Gasteiger partial charge in [0.1, 0.15) is 0 Å². The van der Waals surface area contributed by atoms with E-state index in [-0.39, 0.29) is 29.7 Å². The first-order valence-electron chi connectivity index (χ1n) is 7.31. The van der Waals surface area contributed by atoms with Gasteiger partial charge in [-0.1, -0.05) is 34.2 Å². The minimum absolute atomic E-state index is 0.0172. The van der Waals surface area contributed by atoms with Crippen LogP contribution < -0.4 is 5.32 Å². The Balaban J connectivity index is 2.35. The highest BCUT2D eigenvalue weighted by Crippen LogP contribution is 2.44. The molecule has 0 bridgehead atoms. The number of benzene rings is 1. The van der Waals surface area contributed by atoms with Crippen LogP contribution in [0.15, 0.2) is 46.5 Å². The lowest BCUT2D eigenvalue weighted by Gasteiger charge is -2.28. The molecule has 1 amide bonds. The summed E-state index contributed by atoms with van der Waals surface area (Å²) in [6, 6.07) is 4.21. The molecule has 1 aliphatic carbocycles. The van der Waals surface area contributed by atoms with Crippen LogP contribution in [0.5, 0.6) is 0 Å². The zero-order valence-corrected chi connectivity index (χ0v) is 14.7. The van der Waals surface area contributed by atoms with Gasteiger partial charge in [0, 0.05) is 10.0 Å². The monoisotopic (exact) mass is 417 g/mol. The molecule has 1 aliphatic rings. The molecule has 1 aromatic carbocycles. The molecule has 0 saturated carbocycles. The van der Waals surface area contributed by atoms with Gasteiger partial charge in [0.25, 0.3) is 5.91 Å². The van der Waals surface area contributed by atoms with Gasteiger partial charge in [-0.05, 0) is 38.0 Å². The minimum Gasteiger partial charge on any atom is -0.478 e. The smallest absolute Gasteiger partial charge is 0.397 e. The second-order valence-corrected chi connectivity index (χ2v) is 6.83. The molecular weight excluding hydrogens is 403 g/mol. The number of hydrogen-bond acceptors (Lipinski definition) is 2. The summed E-state index contributed by atoms with van der Waals surface area (Å²) in [5.41, 5.74) is -2.36. The molecule has 2 N–H and O–H groups in total. The third-order valence-corrected chi connectivity index (χ3v) is 4.43. The van der Waals surface area contributed by atoms with Gasteiger partial charge in [-0.25, -0.2) is 4.79 Å². The molecule has 25 heavy (non-hydrogen) atoms. The maximum Gasteiger partial charge on any atom is 0.397 e. The van der Waals surface area contributed by atoms with Gasteiger partial charge in [0.05, 0.1) is 16.7 Å². The van der Waals surface area contributed by atoms with Crippen molar-refractivity contribution in [2.24, 2.45) is 5.41 Å². The largest absolute Gasteiger partial charge is 0.478 e. The van der Waals surface area contributed by atoms with E-state index in [0.29, 0.717) is 4.47 Å². The average molecular weight is 418 g/mol. The van der Waals surface area contributed by atoms with Crippen molar-refractivity contribution < 1.29 is 27.9 Å². The molecule has 0 fully saturated rings. The van der Waals surface area contributed by atoms with Crippen LogP contribution in [0.3, 0.4) is 0 Å². The van der Waals surface area contributed by atoms with Gasteiger partial charge in [-0.3, -0.25) is 4.79 Å². The van der Waals surface area contributed by atoms with E-state index in [9.17, 15) is 27.9 Å². The standard InChI is InChI=1S/C17H15BrF3NO3/c1-16(17(19,20)21)7-3-2-4-10(9-16)14(23)22-13-6-5-11(18)8-12(13)15(24)25/h2-3,5-6,8-9H,4,7H2,1H3,(H,22,23)(H,24,25). The summed E-state index contributed by atoms with van der Waals surface area (Å²) >= 11 is 3.13. The van der Waals surface area contributed by atoms with Crippen LogP contribution in [0.25, 0.3) is 0 Å². The van der Waals surface area contributed by atoms with Crippen LogP contribution >= 0.6 is 15.9 Å². The number of aromatic carboxylic acids is 1. The minimum atomic E-state index is -4.50. The van der Waals surface area contributed by atoms with E-state index in [0.717, 1.165) is 13.0 Å². The zero-order chi connectivity index (χ0) is 18.8. The van der Waals surface area contributed by atoms with Crippen molar-refractivity contribution in [3.8, 4) is 0 Å². The topological polar surface area (TPSA) is 66.4 Å². The maximum absolute atomic E-state index is 13.3. The normalized spacial score (nSPS) is 20.6. The van der Waals surface area contributed by atoms with Crippen molar-refractivity contribution in [2.75, 3.05) is 5.32 Å². The van der Waals surface area contributed by atoms with Gasteiger partial charge >= 0.3 is 12.1 Å². The SMILES string of the molecule is CC1(C(F)(F)F)C=C(C(=O)Nc2ccc(Br)cc2C(=O)O)CC=CC1. The predicted molar refractivity (Wildman–Crippen MR) is 90.4 cm³/mol. The van der Waals surface area contributed by atoms with Crippen LogP contribution in [0, 0.1) is 5.41 Å². The number of halogens is 4. The number of carbonyl (C=O) groups is 2. The lowest BCUT2D eigenvalue weighted by atomic mass is 9.84. The number of carboxylic acid groups (broad SMARTS) is 1. The first-order chi connectivity index (χ1) is 11.5. The fourth-order valence-electron chi connectivity index (χ4n) is 2.40. The highest BCUT2D eigenvalue weighted by molar-refractivity contribution is 9.10. The Bertz CT molecular complexity index is 771. The van der Waals surface area contributed by atoms with E-state index < -0.39 is 23.5 Å². The van der Waals surface area contributed by atoms with Crippen molar-refractivity contribution in [3.05, 3.63) is 52.0 Å². The molecule has 1 atom stereocenters. The Morgan fingerprint density at radius 2 is 1.96 bits per heavy atom. The van der Waals surface area contributed by atoms with E-state index in [4.69, 9.17) is 0 Å². The summed E-state index contributed by atoms with van der Waals surface area (Å²) < 4.78 is 40.4. The Kier molecular flexibility index (Phi) is 5.41. The molecule has 4 nitrogen and oxygen atoms in total. The third kappa shape index (κ3) is 4.31. The molecule has 134 valence electrons. The summed E-state index contributed by atoms with van der Waals surface area (Å²) in [4.78, 5) is 23.7. The van der Waals surface area contributed by atoms with E-state index in [1.165, 1.54) is 30.4 Å². The summed E-state index contributed by atoms with van der Waals surface area (Å²) in [5, 5.41) is 11.6. The molecule has 1 unspecified atom stereocenters. The molecule has 0 aromatic heterocycles. The second-order valence-electron chi connectivity index (χ2n) is 5.91. The van der Waals surface area contributed by atoms with Crippen LogP contribution in [0.1, 0.15) is 30.1 Å². The van der Waals surface area contributed by atoms with E-state index in [2.05, 4.69) is 21.2 Å². The number of nitrogens with one attached hydrogen (secondary N) is 1. The lowest BCUT2D eigenvalue weighted by molar-refractivity contribution is -0.198. The van der Waals surface area contributed by atoms with Crippen molar-refractivity contribution >= 4 is 33.5 Å². The molecule has 0 radical (unpaired) electrons. The van der Waals surface area contributed by atoms with Crippen LogP contribution in [-0.4, -0.2) is 23.2 Å². The van der Waals surface area contributed by atoms with Crippen LogP contribution in [-0.2, 0) is 4.79 Å². The van der Waals surface area contributed by atoms with Gasteiger partial charge < -0.3 is 10.4 Å². The van der Waals surface area contributed by atoms with Crippen LogP contribution in [0.2, 0.25) is 0 Å². The second kappa shape index (κ2) is 7.03. The van der Waals surface area contributed by atoms with Gasteiger partial charge in [0.15, 0.2) is 0 Å². The van der Waals surface area contributed by atoms with Crippen LogP contribution in [0.4, 0.5) is 18.9 Å². The third-order valence-electron chi connectivity index (χ3n) is 3.94. The number of amides is 1. The van der Waals surface area contributed by atoms with Crippen molar-refractivity contribution in [3.63, 3.8) is 0 Å². The summed E-state index contributed by atoms with van der Waals surface area (Å²) in [6.45, 7) is 1.03. The highest BCUT2D eigenvalue weighted by Gasteiger charge is 2.49. The van der Waals surface area contributed by atoms with E-state index in [1.807, 2.05) is 0 Å². The van der Waals surface area contributed by atoms with Gasteiger partial charge in [-0.15, -0.1) is 0 Å². The quantitative estimate of drug-likeness (QED) is 0.685. The predicted octanol–water partition coefficient (Wildman–Crippen LogP) is 4.93. The van der Waals surface area contributed by atoms with Crippen molar-refractivity contribution in [1.82, 2.24) is 0 Å². The van der Waals surface area contributed by atoms with Crippen molar-refractivity contribution in [1.29, 1.82) is 0 Å². The number of carboxylic acids is 1. The Morgan fingerprint density at radius 3 is 2.56 bits per heavy atom. The first-order valence-corrected chi connectivity index (χ1v) is 8.10. The first kappa shape index (κ1) is 19.2. The van der Waals surface area contributed by atoms with E-state index in [1.54, 1.807) is 0 Å². The Morgan fingerprint density at radius 1 is 1.28 bits per heavy atom. The number of alkyl halides is 3. The molecule has 2 rings (SSSR count).